The van der Waals surface area contributed by atoms with Gasteiger partial charge in [0.05, 0.1) is 23.0 Å². The van der Waals surface area contributed by atoms with Crippen LogP contribution in [0.2, 0.25) is 0 Å². The SMILES string of the molecule is COc1ccccc1N1CCN(CCCCCNc2nc3ccccc3s2)CC1. The van der Waals surface area contributed by atoms with Crippen LogP contribution < -0.4 is 15.0 Å². The lowest BCUT2D eigenvalue weighted by atomic mass is 10.2. The van der Waals surface area contributed by atoms with Crippen molar-refractivity contribution in [1.29, 1.82) is 0 Å². The van der Waals surface area contributed by atoms with Crippen LogP contribution in [0.5, 0.6) is 5.75 Å². The Kier molecular flexibility index (Phi) is 6.85. The fourth-order valence-electron chi connectivity index (χ4n) is 3.88. The predicted octanol–water partition coefficient (Wildman–Crippen LogP) is 4.71. The number of nitrogens with one attached hydrogen (secondary N) is 1. The number of methoxy groups -OCH3 is 1. The van der Waals surface area contributed by atoms with E-state index in [4.69, 9.17) is 4.74 Å². The zero-order valence-electron chi connectivity index (χ0n) is 17.1. The Balaban J connectivity index is 1.11. The van der Waals surface area contributed by atoms with E-state index in [-0.39, 0.29) is 0 Å². The summed E-state index contributed by atoms with van der Waals surface area (Å²) in [6.07, 6.45) is 3.71. The summed E-state index contributed by atoms with van der Waals surface area (Å²) >= 11 is 1.74. The molecular weight excluding hydrogens is 380 g/mol. The molecule has 4 rings (SSSR count). The zero-order valence-corrected chi connectivity index (χ0v) is 18.0. The minimum absolute atomic E-state index is 0.974. The number of unbranched alkanes of at least 4 members (excludes halogenated alkanes) is 2. The average molecular weight is 411 g/mol. The number of hydrogen-bond donors (Lipinski definition) is 1. The molecule has 0 spiro atoms. The van der Waals surface area contributed by atoms with Crippen LogP contribution >= 0.6 is 11.3 Å². The maximum atomic E-state index is 5.51. The topological polar surface area (TPSA) is 40.6 Å². The minimum atomic E-state index is 0.974. The number of hydrogen-bond acceptors (Lipinski definition) is 6. The van der Waals surface area contributed by atoms with E-state index in [2.05, 4.69) is 50.4 Å². The number of thiazole rings is 1. The van der Waals surface area contributed by atoms with Crippen molar-refractivity contribution in [3.63, 3.8) is 0 Å². The average Bonchev–Trinajstić information content (AvgIpc) is 3.19. The van der Waals surface area contributed by atoms with E-state index in [9.17, 15) is 0 Å². The standard InChI is InChI=1S/C23H30N4OS/c1-28-21-11-5-4-10-20(21)27-17-15-26(16-18-27)14-8-2-7-13-24-23-25-19-9-3-6-12-22(19)29-23/h3-6,9-12H,2,7-8,13-18H2,1H3,(H,24,25). The first-order chi connectivity index (χ1) is 14.3. The Hall–Kier alpha value is -2.31. The van der Waals surface area contributed by atoms with Crippen LogP contribution in [0.3, 0.4) is 0 Å². The molecule has 1 N–H and O–H groups in total. The third-order valence-corrected chi connectivity index (χ3v) is 6.51. The molecule has 0 amide bonds. The highest BCUT2D eigenvalue weighted by Crippen LogP contribution is 2.28. The molecule has 1 fully saturated rings. The maximum absolute atomic E-state index is 5.51. The molecular formula is C23H30N4OS. The van der Waals surface area contributed by atoms with Crippen LogP contribution in [0.25, 0.3) is 10.2 Å². The lowest BCUT2D eigenvalue weighted by Gasteiger charge is -2.36. The molecule has 0 aliphatic carbocycles. The largest absolute Gasteiger partial charge is 0.495 e. The summed E-state index contributed by atoms with van der Waals surface area (Å²) < 4.78 is 6.76. The van der Waals surface area contributed by atoms with E-state index in [0.29, 0.717) is 0 Å². The van der Waals surface area contributed by atoms with Gasteiger partial charge in [0.2, 0.25) is 0 Å². The van der Waals surface area contributed by atoms with Crippen molar-refractivity contribution < 1.29 is 4.74 Å². The molecule has 0 bridgehead atoms. The molecule has 3 aromatic rings. The third-order valence-electron chi connectivity index (χ3n) is 5.52. The third kappa shape index (κ3) is 5.19. The maximum Gasteiger partial charge on any atom is 0.183 e. The van der Waals surface area contributed by atoms with E-state index < -0.39 is 0 Å². The monoisotopic (exact) mass is 410 g/mol. The Bertz CT molecular complexity index is 872. The minimum Gasteiger partial charge on any atom is -0.495 e. The van der Waals surface area contributed by atoms with Crippen LogP contribution in [-0.2, 0) is 0 Å². The number of ether oxygens (including phenoxy) is 1. The van der Waals surface area contributed by atoms with Gasteiger partial charge in [-0.2, -0.15) is 0 Å². The van der Waals surface area contributed by atoms with Crippen LogP contribution in [0.4, 0.5) is 10.8 Å². The van der Waals surface area contributed by atoms with E-state index >= 15 is 0 Å². The van der Waals surface area contributed by atoms with Crippen molar-refractivity contribution in [2.24, 2.45) is 0 Å². The molecule has 1 saturated heterocycles. The molecule has 2 heterocycles. The highest BCUT2D eigenvalue weighted by atomic mass is 32.1. The highest BCUT2D eigenvalue weighted by molar-refractivity contribution is 7.22. The van der Waals surface area contributed by atoms with Crippen LogP contribution in [0.15, 0.2) is 48.5 Å². The molecule has 154 valence electrons. The number of nitrogens with zero attached hydrogens (tertiary/aromatic N) is 3. The van der Waals surface area contributed by atoms with Crippen molar-refractivity contribution in [3.8, 4) is 5.75 Å². The van der Waals surface area contributed by atoms with E-state index in [0.717, 1.165) is 49.1 Å². The molecule has 5 nitrogen and oxygen atoms in total. The van der Waals surface area contributed by atoms with Gasteiger partial charge in [-0.1, -0.05) is 42.0 Å². The Morgan fingerprint density at radius 3 is 2.59 bits per heavy atom. The van der Waals surface area contributed by atoms with Crippen molar-refractivity contribution in [2.75, 3.05) is 56.6 Å². The first kappa shape index (κ1) is 20.0. The molecule has 0 unspecified atom stereocenters. The van der Waals surface area contributed by atoms with Crippen molar-refractivity contribution in [2.45, 2.75) is 19.3 Å². The number of para-hydroxylation sites is 3. The molecule has 1 aliphatic rings. The number of anilines is 2. The van der Waals surface area contributed by atoms with Crippen molar-refractivity contribution >= 4 is 32.4 Å². The summed E-state index contributed by atoms with van der Waals surface area (Å²) in [6, 6.07) is 16.6. The first-order valence-corrected chi connectivity index (χ1v) is 11.3. The second-order valence-corrected chi connectivity index (χ2v) is 8.51. The molecule has 0 radical (unpaired) electrons. The Labute approximate surface area is 177 Å². The van der Waals surface area contributed by atoms with E-state index in [1.165, 1.54) is 36.2 Å². The highest BCUT2D eigenvalue weighted by Gasteiger charge is 2.18. The Morgan fingerprint density at radius 1 is 0.966 bits per heavy atom. The van der Waals surface area contributed by atoms with Gasteiger partial charge in [-0.15, -0.1) is 0 Å². The number of fused-ring (bicyclic) bond motifs is 1. The normalized spacial score (nSPS) is 15.0. The Morgan fingerprint density at radius 2 is 1.76 bits per heavy atom. The van der Waals surface area contributed by atoms with Crippen molar-refractivity contribution in [3.05, 3.63) is 48.5 Å². The summed E-state index contributed by atoms with van der Waals surface area (Å²) in [5.74, 6) is 0.974. The molecule has 29 heavy (non-hydrogen) atoms. The quantitative estimate of drug-likeness (QED) is 0.518. The van der Waals surface area contributed by atoms with Gasteiger partial charge in [0.1, 0.15) is 5.75 Å². The summed E-state index contributed by atoms with van der Waals surface area (Å²) in [5.41, 5.74) is 2.31. The molecule has 0 saturated carbocycles. The number of aromatic nitrogens is 1. The number of benzene rings is 2. The van der Waals surface area contributed by atoms with E-state index in [1.54, 1.807) is 18.4 Å². The second kappa shape index (κ2) is 9.94. The first-order valence-electron chi connectivity index (χ1n) is 10.5. The fraction of sp³-hybridized carbons (Fsp3) is 0.435. The number of rotatable bonds is 9. The van der Waals surface area contributed by atoms with Crippen molar-refractivity contribution in [1.82, 2.24) is 9.88 Å². The van der Waals surface area contributed by atoms with Crippen LogP contribution in [0, 0.1) is 0 Å². The number of piperazine rings is 1. The molecule has 6 heteroatoms. The van der Waals surface area contributed by atoms with Gasteiger partial charge in [0.25, 0.3) is 0 Å². The molecule has 1 aromatic heterocycles. The predicted molar refractivity (Wildman–Crippen MR) is 124 cm³/mol. The zero-order chi connectivity index (χ0) is 19.9. The molecule has 1 aliphatic heterocycles. The summed E-state index contributed by atoms with van der Waals surface area (Å²) in [6.45, 7) is 6.59. The van der Waals surface area contributed by atoms with E-state index in [1.807, 2.05) is 18.2 Å². The van der Waals surface area contributed by atoms with Crippen LogP contribution in [-0.4, -0.2) is 56.3 Å². The van der Waals surface area contributed by atoms with Crippen LogP contribution in [0.1, 0.15) is 19.3 Å². The smallest absolute Gasteiger partial charge is 0.183 e. The summed E-state index contributed by atoms with van der Waals surface area (Å²) in [5, 5.41) is 4.52. The molecule has 0 atom stereocenters. The van der Waals surface area contributed by atoms with Gasteiger partial charge in [-0.25, -0.2) is 4.98 Å². The lowest BCUT2D eigenvalue weighted by Crippen LogP contribution is -2.46. The van der Waals surface area contributed by atoms with Gasteiger partial charge in [0.15, 0.2) is 5.13 Å². The second-order valence-electron chi connectivity index (χ2n) is 7.47. The van der Waals surface area contributed by atoms with Gasteiger partial charge in [-0.05, 0) is 43.7 Å². The van der Waals surface area contributed by atoms with Gasteiger partial charge < -0.3 is 15.0 Å². The fourth-order valence-corrected chi connectivity index (χ4v) is 4.78. The lowest BCUT2D eigenvalue weighted by molar-refractivity contribution is 0.252. The van der Waals surface area contributed by atoms with Gasteiger partial charge in [-0.3, -0.25) is 4.90 Å². The summed E-state index contributed by atoms with van der Waals surface area (Å²) in [7, 11) is 1.75. The van der Waals surface area contributed by atoms with Gasteiger partial charge in [0, 0.05) is 32.7 Å². The molecule has 2 aromatic carbocycles. The van der Waals surface area contributed by atoms with Gasteiger partial charge >= 0.3 is 0 Å². The summed E-state index contributed by atoms with van der Waals surface area (Å²) in [4.78, 5) is 9.67.